The molecule has 4 heteroatoms. The van der Waals surface area contributed by atoms with E-state index in [2.05, 4.69) is 17.1 Å². The Balaban J connectivity index is 0.00000180. The normalized spacial score (nSPS) is 10.9. The highest BCUT2D eigenvalue weighted by molar-refractivity contribution is 6.30. The third kappa shape index (κ3) is 4.93. The van der Waals surface area contributed by atoms with E-state index in [0.29, 0.717) is 17.4 Å². The van der Waals surface area contributed by atoms with E-state index < -0.39 is 0 Å². The molecule has 0 unspecified atom stereocenters. The Hall–Kier alpha value is -1.51. The topological polar surface area (TPSA) is 38.4 Å². The van der Waals surface area contributed by atoms with E-state index >= 15 is 0 Å². The second-order valence-corrected chi connectivity index (χ2v) is 4.45. The molecule has 0 aliphatic carbocycles. The highest BCUT2D eigenvalue weighted by atomic mass is 35.5. The SMILES string of the molecule is Cl.NC(=NCCc1ccccc1)c1ccc(Cl)cc1. The Labute approximate surface area is 124 Å². The van der Waals surface area contributed by atoms with Crippen LogP contribution in [0.5, 0.6) is 0 Å². The standard InChI is InChI=1S/C15H15ClN2.ClH/c16-14-8-6-13(7-9-14)15(17)18-11-10-12-4-2-1-3-5-12;/h1-9H,10-11H2,(H2,17,18);1H. The number of amidine groups is 1. The van der Waals surface area contributed by atoms with Crippen LogP contribution in [0.4, 0.5) is 0 Å². The third-order valence-corrected chi connectivity index (χ3v) is 2.92. The van der Waals surface area contributed by atoms with E-state index in [0.717, 1.165) is 12.0 Å². The Morgan fingerprint density at radius 3 is 2.26 bits per heavy atom. The van der Waals surface area contributed by atoms with Crippen molar-refractivity contribution in [3.05, 3.63) is 70.7 Å². The maximum Gasteiger partial charge on any atom is 0.125 e. The van der Waals surface area contributed by atoms with Gasteiger partial charge in [0.15, 0.2) is 0 Å². The lowest BCUT2D eigenvalue weighted by Crippen LogP contribution is -2.14. The number of nitrogens with two attached hydrogens (primary N) is 1. The summed E-state index contributed by atoms with van der Waals surface area (Å²) in [6.07, 6.45) is 0.898. The van der Waals surface area contributed by atoms with Crippen LogP contribution in [0.3, 0.4) is 0 Å². The Morgan fingerprint density at radius 1 is 1.00 bits per heavy atom. The fourth-order valence-corrected chi connectivity index (χ4v) is 1.79. The molecule has 2 aromatic carbocycles. The van der Waals surface area contributed by atoms with E-state index in [1.807, 2.05) is 42.5 Å². The van der Waals surface area contributed by atoms with Crippen molar-refractivity contribution in [1.82, 2.24) is 0 Å². The van der Waals surface area contributed by atoms with Crippen molar-refractivity contribution < 1.29 is 0 Å². The monoisotopic (exact) mass is 294 g/mol. The van der Waals surface area contributed by atoms with Gasteiger partial charge in [0.05, 0.1) is 0 Å². The first kappa shape index (κ1) is 15.5. The predicted molar refractivity (Wildman–Crippen MR) is 84.4 cm³/mol. The second-order valence-electron chi connectivity index (χ2n) is 4.01. The van der Waals surface area contributed by atoms with Crippen LogP contribution in [0.1, 0.15) is 11.1 Å². The molecule has 0 radical (unpaired) electrons. The van der Waals surface area contributed by atoms with Crippen LogP contribution in [0.15, 0.2) is 59.6 Å². The smallest absolute Gasteiger partial charge is 0.125 e. The lowest BCUT2D eigenvalue weighted by atomic mass is 10.1. The molecule has 2 rings (SSSR count). The summed E-state index contributed by atoms with van der Waals surface area (Å²) in [4.78, 5) is 4.37. The van der Waals surface area contributed by atoms with Gasteiger partial charge in [-0.15, -0.1) is 12.4 Å². The molecule has 0 saturated heterocycles. The maximum absolute atomic E-state index is 5.92. The highest BCUT2D eigenvalue weighted by Gasteiger charge is 1.97. The molecule has 0 atom stereocenters. The van der Waals surface area contributed by atoms with Gasteiger partial charge in [0.25, 0.3) is 0 Å². The largest absolute Gasteiger partial charge is 0.384 e. The quantitative estimate of drug-likeness (QED) is 0.677. The zero-order valence-corrected chi connectivity index (χ0v) is 12.0. The minimum absolute atomic E-state index is 0. The van der Waals surface area contributed by atoms with E-state index in [9.17, 15) is 0 Å². The van der Waals surface area contributed by atoms with Crippen molar-refractivity contribution in [2.45, 2.75) is 6.42 Å². The predicted octanol–water partition coefficient (Wildman–Crippen LogP) is 3.71. The van der Waals surface area contributed by atoms with Gasteiger partial charge in [-0.25, -0.2) is 0 Å². The molecule has 19 heavy (non-hydrogen) atoms. The van der Waals surface area contributed by atoms with Gasteiger partial charge in [-0.1, -0.05) is 41.9 Å². The summed E-state index contributed by atoms with van der Waals surface area (Å²) < 4.78 is 0. The number of benzene rings is 2. The van der Waals surface area contributed by atoms with Crippen LogP contribution in [0.25, 0.3) is 0 Å². The molecule has 0 heterocycles. The number of halogens is 2. The molecule has 2 nitrogen and oxygen atoms in total. The minimum atomic E-state index is 0. The molecule has 0 aliphatic heterocycles. The van der Waals surface area contributed by atoms with Gasteiger partial charge in [0, 0.05) is 17.1 Å². The highest BCUT2D eigenvalue weighted by Crippen LogP contribution is 2.09. The van der Waals surface area contributed by atoms with Crippen molar-refractivity contribution in [1.29, 1.82) is 0 Å². The van der Waals surface area contributed by atoms with Crippen molar-refractivity contribution in [3.8, 4) is 0 Å². The maximum atomic E-state index is 5.92. The number of hydrogen-bond acceptors (Lipinski definition) is 1. The van der Waals surface area contributed by atoms with Crippen LogP contribution < -0.4 is 5.73 Å². The number of rotatable bonds is 4. The fourth-order valence-electron chi connectivity index (χ4n) is 1.66. The molecule has 0 saturated carbocycles. The molecule has 0 amide bonds. The van der Waals surface area contributed by atoms with Crippen LogP contribution >= 0.6 is 24.0 Å². The molecule has 0 aromatic heterocycles. The first-order valence-electron chi connectivity index (χ1n) is 5.85. The van der Waals surface area contributed by atoms with Crippen molar-refractivity contribution in [2.75, 3.05) is 6.54 Å². The third-order valence-electron chi connectivity index (χ3n) is 2.67. The van der Waals surface area contributed by atoms with Crippen molar-refractivity contribution in [2.24, 2.45) is 10.7 Å². The number of hydrogen-bond donors (Lipinski definition) is 1. The zero-order chi connectivity index (χ0) is 12.8. The summed E-state index contributed by atoms with van der Waals surface area (Å²) in [6.45, 7) is 0.693. The van der Waals surface area contributed by atoms with E-state index in [1.165, 1.54) is 5.56 Å². The molecule has 0 bridgehead atoms. The Bertz CT molecular complexity index is 522. The van der Waals surface area contributed by atoms with Gasteiger partial charge < -0.3 is 5.73 Å². The summed E-state index contributed by atoms with van der Waals surface area (Å²) >= 11 is 5.82. The van der Waals surface area contributed by atoms with Gasteiger partial charge in [0.1, 0.15) is 5.84 Å². The Morgan fingerprint density at radius 2 is 1.63 bits per heavy atom. The van der Waals surface area contributed by atoms with Crippen LogP contribution in [0, 0.1) is 0 Å². The van der Waals surface area contributed by atoms with Crippen LogP contribution in [-0.2, 0) is 6.42 Å². The van der Waals surface area contributed by atoms with Gasteiger partial charge in [-0.2, -0.15) is 0 Å². The minimum Gasteiger partial charge on any atom is -0.384 e. The summed E-state index contributed by atoms with van der Waals surface area (Å²) in [5.74, 6) is 0.558. The summed E-state index contributed by atoms with van der Waals surface area (Å²) in [7, 11) is 0. The van der Waals surface area contributed by atoms with Gasteiger partial charge in [0.2, 0.25) is 0 Å². The Kier molecular flexibility index (Phi) is 6.40. The molecule has 0 fully saturated rings. The van der Waals surface area contributed by atoms with E-state index in [1.54, 1.807) is 0 Å². The fraction of sp³-hybridized carbons (Fsp3) is 0.133. The lowest BCUT2D eigenvalue weighted by Gasteiger charge is -2.02. The zero-order valence-electron chi connectivity index (χ0n) is 10.4. The average Bonchev–Trinajstić information content (AvgIpc) is 2.40. The van der Waals surface area contributed by atoms with E-state index in [-0.39, 0.29) is 12.4 Å². The molecule has 0 spiro atoms. The van der Waals surface area contributed by atoms with Crippen molar-refractivity contribution >= 4 is 29.8 Å². The first-order chi connectivity index (χ1) is 8.75. The van der Waals surface area contributed by atoms with Gasteiger partial charge in [-0.3, -0.25) is 4.99 Å². The summed E-state index contributed by atoms with van der Waals surface area (Å²) in [5, 5.41) is 0.704. The van der Waals surface area contributed by atoms with E-state index in [4.69, 9.17) is 17.3 Å². The molecular weight excluding hydrogens is 279 g/mol. The molecule has 100 valence electrons. The van der Waals surface area contributed by atoms with Crippen LogP contribution in [-0.4, -0.2) is 12.4 Å². The number of aliphatic imine (C=N–C) groups is 1. The molecule has 2 N–H and O–H groups in total. The lowest BCUT2D eigenvalue weighted by molar-refractivity contribution is 0.966. The summed E-state index contributed by atoms with van der Waals surface area (Å²) in [6, 6.07) is 17.6. The molecule has 0 aliphatic rings. The molecular formula is C15H16Cl2N2. The average molecular weight is 295 g/mol. The van der Waals surface area contributed by atoms with Crippen LogP contribution in [0.2, 0.25) is 5.02 Å². The second kappa shape index (κ2) is 7.82. The van der Waals surface area contributed by atoms with Crippen molar-refractivity contribution in [3.63, 3.8) is 0 Å². The molecule has 2 aromatic rings. The van der Waals surface area contributed by atoms with Gasteiger partial charge in [-0.05, 0) is 36.2 Å². The number of nitrogens with zero attached hydrogens (tertiary/aromatic N) is 1. The first-order valence-corrected chi connectivity index (χ1v) is 6.23. The summed E-state index contributed by atoms with van der Waals surface area (Å²) in [5.41, 5.74) is 8.09. The van der Waals surface area contributed by atoms with Gasteiger partial charge >= 0.3 is 0 Å².